The van der Waals surface area contributed by atoms with Gasteiger partial charge in [0.15, 0.2) is 17.5 Å². The first-order valence-corrected chi connectivity index (χ1v) is 8.40. The summed E-state index contributed by atoms with van der Waals surface area (Å²) in [6.07, 6.45) is 0. The number of rotatable bonds is 5. The van der Waals surface area contributed by atoms with Crippen molar-refractivity contribution in [2.24, 2.45) is 0 Å². The number of carbonyl (C=O) groups is 1. The Morgan fingerprint density at radius 2 is 1.70 bits per heavy atom. The third-order valence-corrected chi connectivity index (χ3v) is 3.60. The molecule has 1 amide bonds. The lowest BCUT2D eigenvalue weighted by Gasteiger charge is -2.12. The lowest BCUT2D eigenvalue weighted by atomic mass is 10.2. The summed E-state index contributed by atoms with van der Waals surface area (Å²) in [4.78, 5) is 21.1. The minimum absolute atomic E-state index is 0.0600. The fourth-order valence-corrected chi connectivity index (χ4v) is 2.40. The van der Waals surface area contributed by atoms with Gasteiger partial charge in [0.25, 0.3) is 5.91 Å². The number of anilines is 2. The molecule has 138 valence electrons. The van der Waals surface area contributed by atoms with Crippen LogP contribution in [0.25, 0.3) is 11.4 Å². The van der Waals surface area contributed by atoms with Crippen molar-refractivity contribution in [2.75, 3.05) is 5.32 Å². The number of benzene rings is 2. The average molecular weight is 368 g/mol. The van der Waals surface area contributed by atoms with E-state index < -0.39 is 11.6 Å². The second kappa shape index (κ2) is 7.90. The van der Waals surface area contributed by atoms with Gasteiger partial charge in [-0.05, 0) is 26.0 Å². The van der Waals surface area contributed by atoms with Gasteiger partial charge in [-0.2, -0.15) is 0 Å². The number of nitrogens with one attached hydrogen (secondary N) is 2. The summed E-state index contributed by atoms with van der Waals surface area (Å²) >= 11 is 0. The number of aromatic nitrogens is 2. The molecule has 0 fully saturated rings. The van der Waals surface area contributed by atoms with Crippen molar-refractivity contribution < 1.29 is 13.6 Å². The smallest absolute Gasteiger partial charge is 0.270 e. The summed E-state index contributed by atoms with van der Waals surface area (Å²) in [5.41, 5.74) is 1.20. The van der Waals surface area contributed by atoms with E-state index in [1.807, 2.05) is 44.2 Å². The molecule has 0 aliphatic heterocycles. The van der Waals surface area contributed by atoms with Crippen molar-refractivity contribution in [3.63, 3.8) is 0 Å². The maximum atomic E-state index is 13.5. The highest BCUT2D eigenvalue weighted by molar-refractivity contribution is 5.93. The topological polar surface area (TPSA) is 66.9 Å². The van der Waals surface area contributed by atoms with Crippen molar-refractivity contribution in [3.8, 4) is 11.4 Å². The molecule has 0 bridgehead atoms. The Kier molecular flexibility index (Phi) is 5.40. The molecule has 0 spiro atoms. The maximum Gasteiger partial charge on any atom is 0.270 e. The Morgan fingerprint density at radius 1 is 0.963 bits per heavy atom. The van der Waals surface area contributed by atoms with Gasteiger partial charge in [-0.25, -0.2) is 18.7 Å². The van der Waals surface area contributed by atoms with Crippen LogP contribution in [0.2, 0.25) is 0 Å². The monoisotopic (exact) mass is 368 g/mol. The number of amides is 1. The Morgan fingerprint density at radius 3 is 2.37 bits per heavy atom. The van der Waals surface area contributed by atoms with Crippen molar-refractivity contribution in [1.82, 2.24) is 15.3 Å². The zero-order valence-corrected chi connectivity index (χ0v) is 14.8. The van der Waals surface area contributed by atoms with Crippen molar-refractivity contribution in [3.05, 3.63) is 71.9 Å². The Bertz CT molecular complexity index is 961. The third kappa shape index (κ3) is 4.63. The van der Waals surface area contributed by atoms with Crippen molar-refractivity contribution >= 4 is 17.4 Å². The molecule has 5 nitrogen and oxygen atoms in total. The number of hydrogen-bond acceptors (Lipinski definition) is 4. The molecule has 0 saturated carbocycles. The Labute approximate surface area is 155 Å². The normalized spacial score (nSPS) is 10.7. The number of halogens is 2. The number of carbonyl (C=O) groups excluding carboxylic acids is 1. The largest absolute Gasteiger partial charge is 0.349 e. The molecule has 0 atom stereocenters. The Hall–Kier alpha value is -3.35. The zero-order valence-electron chi connectivity index (χ0n) is 14.8. The van der Waals surface area contributed by atoms with Gasteiger partial charge in [-0.15, -0.1) is 0 Å². The molecular weight excluding hydrogens is 350 g/mol. The highest BCUT2D eigenvalue weighted by atomic mass is 19.2. The summed E-state index contributed by atoms with van der Waals surface area (Å²) in [7, 11) is 0. The molecule has 1 heterocycles. The molecule has 0 aliphatic carbocycles. The van der Waals surface area contributed by atoms with Gasteiger partial charge in [0, 0.05) is 29.4 Å². The van der Waals surface area contributed by atoms with E-state index in [2.05, 4.69) is 20.6 Å². The maximum absolute atomic E-state index is 13.5. The van der Waals surface area contributed by atoms with Crippen LogP contribution in [0, 0.1) is 11.6 Å². The summed E-state index contributed by atoms with van der Waals surface area (Å²) < 4.78 is 26.6. The predicted molar refractivity (Wildman–Crippen MR) is 99.7 cm³/mol. The van der Waals surface area contributed by atoms with Crippen LogP contribution in [-0.4, -0.2) is 21.9 Å². The summed E-state index contributed by atoms with van der Waals surface area (Å²) in [6, 6.07) is 14.0. The van der Waals surface area contributed by atoms with Gasteiger partial charge in [0.2, 0.25) is 0 Å². The molecule has 0 radical (unpaired) electrons. The average Bonchev–Trinajstić information content (AvgIpc) is 2.65. The molecule has 2 N–H and O–H groups in total. The van der Waals surface area contributed by atoms with E-state index >= 15 is 0 Å². The molecule has 1 aromatic heterocycles. The first kappa shape index (κ1) is 18.4. The van der Waals surface area contributed by atoms with Crippen molar-refractivity contribution in [1.29, 1.82) is 0 Å². The molecule has 27 heavy (non-hydrogen) atoms. The molecule has 0 unspecified atom stereocenters. The quantitative estimate of drug-likeness (QED) is 0.704. The minimum Gasteiger partial charge on any atom is -0.349 e. The predicted octanol–water partition coefficient (Wildman–Crippen LogP) is 4.30. The third-order valence-electron chi connectivity index (χ3n) is 3.60. The molecule has 7 heteroatoms. The lowest BCUT2D eigenvalue weighted by Crippen LogP contribution is -2.31. The van der Waals surface area contributed by atoms with E-state index in [-0.39, 0.29) is 17.6 Å². The molecule has 0 aliphatic rings. The van der Waals surface area contributed by atoms with E-state index in [1.54, 1.807) is 0 Å². The van der Waals surface area contributed by atoms with E-state index in [1.165, 1.54) is 12.1 Å². The van der Waals surface area contributed by atoms with Crippen LogP contribution in [0.15, 0.2) is 54.6 Å². The Balaban J connectivity index is 2.01. The van der Waals surface area contributed by atoms with Gasteiger partial charge in [0.1, 0.15) is 11.5 Å². The lowest BCUT2D eigenvalue weighted by molar-refractivity contribution is 0.0938. The van der Waals surface area contributed by atoms with Crippen LogP contribution in [-0.2, 0) is 0 Å². The first-order chi connectivity index (χ1) is 12.9. The zero-order chi connectivity index (χ0) is 19.4. The van der Waals surface area contributed by atoms with E-state index in [0.29, 0.717) is 17.3 Å². The van der Waals surface area contributed by atoms with Gasteiger partial charge in [0.05, 0.1) is 0 Å². The molecule has 3 aromatic rings. The molecule has 0 saturated heterocycles. The van der Waals surface area contributed by atoms with E-state index in [4.69, 9.17) is 0 Å². The van der Waals surface area contributed by atoms with Gasteiger partial charge >= 0.3 is 0 Å². The van der Waals surface area contributed by atoms with Crippen LogP contribution < -0.4 is 10.6 Å². The van der Waals surface area contributed by atoms with Gasteiger partial charge in [-0.3, -0.25) is 4.79 Å². The van der Waals surface area contributed by atoms with E-state index in [9.17, 15) is 13.6 Å². The van der Waals surface area contributed by atoms with Crippen molar-refractivity contribution in [2.45, 2.75) is 19.9 Å². The van der Waals surface area contributed by atoms with Crippen LogP contribution in [0.4, 0.5) is 20.3 Å². The van der Waals surface area contributed by atoms with Crippen LogP contribution >= 0.6 is 0 Å². The summed E-state index contributed by atoms with van der Waals surface area (Å²) in [5.74, 6) is -1.63. The molecular formula is C20H18F2N4O. The second-order valence-electron chi connectivity index (χ2n) is 6.21. The summed E-state index contributed by atoms with van der Waals surface area (Å²) in [6.45, 7) is 3.69. The number of nitrogens with zero attached hydrogens (tertiary/aromatic N) is 2. The SMILES string of the molecule is CC(C)NC(=O)c1cc(Nc2ccc(F)c(F)c2)nc(-c2ccccc2)n1. The van der Waals surface area contributed by atoms with Crippen LogP contribution in [0.5, 0.6) is 0 Å². The standard InChI is InChI=1S/C20H18F2N4O/c1-12(2)23-20(27)17-11-18(24-14-8-9-15(21)16(22)10-14)26-19(25-17)13-6-4-3-5-7-13/h3-12H,1-2H3,(H,23,27)(H,24,25,26). The van der Waals surface area contributed by atoms with Crippen LogP contribution in [0.3, 0.4) is 0 Å². The number of hydrogen-bond donors (Lipinski definition) is 2. The fraction of sp³-hybridized carbons (Fsp3) is 0.150. The van der Waals surface area contributed by atoms with Gasteiger partial charge in [-0.1, -0.05) is 30.3 Å². The van der Waals surface area contributed by atoms with Gasteiger partial charge < -0.3 is 10.6 Å². The first-order valence-electron chi connectivity index (χ1n) is 8.40. The summed E-state index contributed by atoms with van der Waals surface area (Å²) in [5, 5.41) is 5.67. The second-order valence-corrected chi connectivity index (χ2v) is 6.21. The van der Waals surface area contributed by atoms with E-state index in [0.717, 1.165) is 17.7 Å². The molecule has 2 aromatic carbocycles. The highest BCUT2D eigenvalue weighted by Crippen LogP contribution is 2.22. The minimum atomic E-state index is -0.977. The fourth-order valence-electron chi connectivity index (χ4n) is 2.40. The molecule has 3 rings (SSSR count). The highest BCUT2D eigenvalue weighted by Gasteiger charge is 2.14. The van der Waals surface area contributed by atoms with Crippen LogP contribution in [0.1, 0.15) is 24.3 Å².